The number of hydrogen-bond acceptors (Lipinski definition) is 2. The number of aryl methyl sites for hydroxylation is 1. The van der Waals surface area contributed by atoms with Gasteiger partial charge >= 0.3 is 0 Å². The van der Waals surface area contributed by atoms with Crippen LogP contribution in [-0.2, 0) is 17.8 Å². The van der Waals surface area contributed by atoms with Crippen LogP contribution in [0.3, 0.4) is 0 Å². The van der Waals surface area contributed by atoms with E-state index in [1.165, 1.54) is 17.5 Å². The van der Waals surface area contributed by atoms with Crippen molar-refractivity contribution in [2.75, 3.05) is 20.1 Å². The number of benzene rings is 1. The number of nitrogens with zero attached hydrogens (tertiary/aromatic N) is 1. The smallest absolute Gasteiger partial charge is 0.222 e. The highest BCUT2D eigenvalue weighted by atomic mass is 35.5. The van der Waals surface area contributed by atoms with Crippen LogP contribution in [0.4, 0.5) is 0 Å². The van der Waals surface area contributed by atoms with Crippen molar-refractivity contribution >= 4 is 18.3 Å². The Morgan fingerprint density at radius 1 is 1.29 bits per heavy atom. The predicted octanol–water partition coefficient (Wildman–Crippen LogP) is 3.02. The largest absolute Gasteiger partial charge is 0.341 e. The quantitative estimate of drug-likeness (QED) is 0.876. The molecule has 2 rings (SSSR count). The molecule has 0 radical (unpaired) electrons. The number of halogens is 1. The number of rotatable bonds is 6. The second-order valence-corrected chi connectivity index (χ2v) is 5.82. The van der Waals surface area contributed by atoms with Gasteiger partial charge in [0.1, 0.15) is 0 Å². The molecule has 1 N–H and O–H groups in total. The Balaban J connectivity index is 0.00000220. The van der Waals surface area contributed by atoms with Gasteiger partial charge in [0, 0.05) is 20.0 Å². The third-order valence-electron chi connectivity index (χ3n) is 4.21. The van der Waals surface area contributed by atoms with Crippen LogP contribution in [0.15, 0.2) is 24.3 Å². The normalized spacial score (nSPS) is 17.3. The zero-order valence-electron chi connectivity index (χ0n) is 13.1. The number of nitrogens with one attached hydrogen (secondary N) is 1. The van der Waals surface area contributed by atoms with Gasteiger partial charge in [-0.05, 0) is 49.4 Å². The summed E-state index contributed by atoms with van der Waals surface area (Å²) in [4.78, 5) is 14.0. The molecule has 0 aromatic heterocycles. The van der Waals surface area contributed by atoms with E-state index in [2.05, 4.69) is 36.5 Å². The number of amides is 1. The summed E-state index contributed by atoms with van der Waals surface area (Å²) in [5, 5.41) is 3.35. The molecule has 0 aliphatic carbocycles. The summed E-state index contributed by atoms with van der Waals surface area (Å²) >= 11 is 0. The highest BCUT2D eigenvalue weighted by Crippen LogP contribution is 2.15. The topological polar surface area (TPSA) is 32.3 Å². The Morgan fingerprint density at radius 3 is 2.52 bits per heavy atom. The van der Waals surface area contributed by atoms with E-state index >= 15 is 0 Å². The van der Waals surface area contributed by atoms with Gasteiger partial charge in [0.25, 0.3) is 0 Å². The van der Waals surface area contributed by atoms with Gasteiger partial charge in [-0.3, -0.25) is 4.79 Å². The molecule has 1 aromatic rings. The first kappa shape index (κ1) is 18.0. The molecule has 1 atom stereocenters. The van der Waals surface area contributed by atoms with E-state index in [1.54, 1.807) is 0 Å². The lowest BCUT2D eigenvalue weighted by atomic mass is 10.0. The Labute approximate surface area is 134 Å². The molecule has 1 aliphatic rings. The lowest BCUT2D eigenvalue weighted by molar-refractivity contribution is -0.130. The molecule has 1 amide bonds. The fourth-order valence-corrected chi connectivity index (χ4v) is 2.72. The van der Waals surface area contributed by atoms with E-state index in [1.807, 2.05) is 11.9 Å². The van der Waals surface area contributed by atoms with Gasteiger partial charge in [0.2, 0.25) is 5.91 Å². The summed E-state index contributed by atoms with van der Waals surface area (Å²) in [5.74, 6) is 0.952. The zero-order chi connectivity index (χ0) is 14.4. The maximum absolute atomic E-state index is 12.1. The van der Waals surface area contributed by atoms with Gasteiger partial charge in [0.15, 0.2) is 0 Å². The molecule has 1 unspecified atom stereocenters. The van der Waals surface area contributed by atoms with Crippen LogP contribution in [-0.4, -0.2) is 30.9 Å². The molecule has 0 bridgehead atoms. The molecule has 0 saturated carbocycles. The van der Waals surface area contributed by atoms with Crippen LogP contribution in [0.2, 0.25) is 0 Å². The number of carbonyl (C=O) groups is 1. The fraction of sp³-hybridized carbons (Fsp3) is 0.588. The van der Waals surface area contributed by atoms with Crippen molar-refractivity contribution in [3.8, 4) is 0 Å². The van der Waals surface area contributed by atoms with Gasteiger partial charge in [0.05, 0.1) is 0 Å². The van der Waals surface area contributed by atoms with Crippen molar-refractivity contribution in [3.05, 3.63) is 35.4 Å². The van der Waals surface area contributed by atoms with Crippen molar-refractivity contribution in [3.63, 3.8) is 0 Å². The van der Waals surface area contributed by atoms with Gasteiger partial charge in [-0.2, -0.15) is 0 Å². The summed E-state index contributed by atoms with van der Waals surface area (Å²) in [5.41, 5.74) is 2.55. The maximum Gasteiger partial charge on any atom is 0.222 e. The first-order valence-corrected chi connectivity index (χ1v) is 7.71. The highest BCUT2D eigenvalue weighted by molar-refractivity contribution is 5.85. The molecule has 21 heavy (non-hydrogen) atoms. The van der Waals surface area contributed by atoms with E-state index in [4.69, 9.17) is 0 Å². The number of carbonyl (C=O) groups excluding carboxylic acids is 1. The van der Waals surface area contributed by atoms with Gasteiger partial charge in [-0.1, -0.05) is 31.2 Å². The van der Waals surface area contributed by atoms with Crippen molar-refractivity contribution < 1.29 is 4.79 Å². The SMILES string of the molecule is CCc1ccc(CN(C)C(=O)CCC2CCNC2)cc1.Cl. The molecule has 4 heteroatoms. The molecular formula is C17H27ClN2O. The molecule has 1 heterocycles. The second-order valence-electron chi connectivity index (χ2n) is 5.82. The first-order valence-electron chi connectivity index (χ1n) is 7.71. The van der Waals surface area contributed by atoms with Crippen molar-refractivity contribution in [2.24, 2.45) is 5.92 Å². The molecular weight excluding hydrogens is 284 g/mol. The summed E-state index contributed by atoms with van der Waals surface area (Å²) in [6.45, 7) is 5.06. The monoisotopic (exact) mass is 310 g/mol. The van der Waals surface area contributed by atoms with E-state index in [9.17, 15) is 4.79 Å². The fourth-order valence-electron chi connectivity index (χ4n) is 2.72. The van der Waals surface area contributed by atoms with Crippen LogP contribution in [0.25, 0.3) is 0 Å². The van der Waals surface area contributed by atoms with Crippen LogP contribution < -0.4 is 5.32 Å². The van der Waals surface area contributed by atoms with Crippen molar-refractivity contribution in [2.45, 2.75) is 39.2 Å². The Kier molecular flexibility index (Phi) is 7.76. The zero-order valence-corrected chi connectivity index (χ0v) is 13.9. The van der Waals surface area contributed by atoms with Crippen LogP contribution >= 0.6 is 12.4 Å². The minimum atomic E-state index is 0. The maximum atomic E-state index is 12.1. The third kappa shape index (κ3) is 5.68. The lowest BCUT2D eigenvalue weighted by Crippen LogP contribution is -2.26. The number of hydrogen-bond donors (Lipinski definition) is 1. The van der Waals surface area contributed by atoms with Crippen LogP contribution in [0, 0.1) is 5.92 Å². The summed E-state index contributed by atoms with van der Waals surface area (Å²) < 4.78 is 0. The second kappa shape index (κ2) is 9.06. The van der Waals surface area contributed by atoms with E-state index in [0.717, 1.165) is 25.9 Å². The molecule has 1 saturated heterocycles. The molecule has 3 nitrogen and oxygen atoms in total. The Morgan fingerprint density at radius 2 is 1.95 bits per heavy atom. The highest BCUT2D eigenvalue weighted by Gasteiger charge is 2.17. The minimum Gasteiger partial charge on any atom is -0.341 e. The Bertz CT molecular complexity index is 427. The van der Waals surface area contributed by atoms with Gasteiger partial charge < -0.3 is 10.2 Å². The van der Waals surface area contributed by atoms with Gasteiger partial charge in [-0.15, -0.1) is 12.4 Å². The van der Waals surface area contributed by atoms with Crippen LogP contribution in [0.1, 0.15) is 37.3 Å². The standard InChI is InChI=1S/C17H26N2O.ClH/c1-3-14-4-6-16(7-5-14)13-19(2)17(20)9-8-15-10-11-18-12-15;/h4-7,15,18H,3,8-13H2,1-2H3;1H. The summed E-state index contributed by atoms with van der Waals surface area (Å²) in [7, 11) is 1.91. The average Bonchev–Trinajstić information content (AvgIpc) is 2.98. The molecule has 1 aliphatic heterocycles. The van der Waals surface area contributed by atoms with E-state index in [-0.39, 0.29) is 18.3 Å². The third-order valence-corrected chi connectivity index (χ3v) is 4.21. The van der Waals surface area contributed by atoms with E-state index in [0.29, 0.717) is 18.9 Å². The van der Waals surface area contributed by atoms with Crippen molar-refractivity contribution in [1.29, 1.82) is 0 Å². The average molecular weight is 311 g/mol. The first-order chi connectivity index (χ1) is 9.69. The van der Waals surface area contributed by atoms with E-state index < -0.39 is 0 Å². The van der Waals surface area contributed by atoms with Crippen molar-refractivity contribution in [1.82, 2.24) is 10.2 Å². The lowest BCUT2D eigenvalue weighted by Gasteiger charge is -2.18. The molecule has 118 valence electrons. The Hall–Kier alpha value is -1.06. The molecule has 0 spiro atoms. The summed E-state index contributed by atoms with van der Waals surface area (Å²) in [6, 6.07) is 8.56. The minimum absolute atomic E-state index is 0. The predicted molar refractivity (Wildman–Crippen MR) is 89.8 cm³/mol. The van der Waals surface area contributed by atoms with Crippen LogP contribution in [0.5, 0.6) is 0 Å². The molecule has 1 fully saturated rings. The molecule has 1 aromatic carbocycles. The van der Waals surface area contributed by atoms with Gasteiger partial charge in [-0.25, -0.2) is 0 Å². The summed E-state index contributed by atoms with van der Waals surface area (Å²) in [6.07, 6.45) is 3.97.